The quantitative estimate of drug-likeness (QED) is 0.617. The first-order chi connectivity index (χ1) is 15.4. The summed E-state index contributed by atoms with van der Waals surface area (Å²) in [5.41, 5.74) is 3.51. The largest absolute Gasteiger partial charge is 0.478 e. The van der Waals surface area contributed by atoms with E-state index in [0.29, 0.717) is 18.4 Å². The molecule has 4 nitrogen and oxygen atoms in total. The fourth-order valence-electron chi connectivity index (χ4n) is 4.05. The average Bonchev–Trinajstić information content (AvgIpc) is 2.80. The van der Waals surface area contributed by atoms with Gasteiger partial charge in [0.05, 0.1) is 11.5 Å². The number of rotatable bonds is 4. The number of ketones is 1. The van der Waals surface area contributed by atoms with Crippen LogP contribution in [0.15, 0.2) is 72.8 Å². The van der Waals surface area contributed by atoms with Gasteiger partial charge in [0.25, 0.3) is 0 Å². The van der Waals surface area contributed by atoms with E-state index >= 15 is 0 Å². The first-order valence-corrected chi connectivity index (χ1v) is 10.3. The predicted octanol–water partition coefficient (Wildman–Crippen LogP) is 4.63. The van der Waals surface area contributed by atoms with Crippen molar-refractivity contribution < 1.29 is 19.1 Å². The van der Waals surface area contributed by atoms with Crippen molar-refractivity contribution in [3.8, 4) is 11.8 Å². The van der Waals surface area contributed by atoms with Gasteiger partial charge in [-0.25, -0.2) is 9.18 Å². The van der Waals surface area contributed by atoms with Gasteiger partial charge < -0.3 is 10.0 Å². The third-order valence-electron chi connectivity index (χ3n) is 5.80. The van der Waals surface area contributed by atoms with E-state index in [0.717, 1.165) is 16.8 Å². The maximum Gasteiger partial charge on any atom is 0.335 e. The van der Waals surface area contributed by atoms with Gasteiger partial charge in [-0.1, -0.05) is 48.2 Å². The summed E-state index contributed by atoms with van der Waals surface area (Å²) in [4.78, 5) is 26.6. The zero-order chi connectivity index (χ0) is 22.7. The van der Waals surface area contributed by atoms with Crippen molar-refractivity contribution in [1.82, 2.24) is 0 Å². The Hall–Kier alpha value is -3.91. The molecule has 0 saturated carbocycles. The number of nitrogens with zero attached hydrogens (tertiary/aromatic N) is 1. The number of carbonyl (C=O) groups excluding carboxylic acids is 1. The standard InChI is InChI=1S/C27H22FNO3/c1-29-24-7-3-2-6-22(24)26(30)23(17-19-9-13-20(14-10-19)27(31)32)25(29)8-4-5-18-11-15-21(28)16-12-18/h2-3,6-7,9-16,23,25H,5,17H2,1H3,(H,31,32). The zero-order valence-corrected chi connectivity index (χ0v) is 17.6. The van der Waals surface area contributed by atoms with E-state index in [1.165, 1.54) is 12.1 Å². The number of benzene rings is 3. The molecule has 160 valence electrons. The summed E-state index contributed by atoms with van der Waals surface area (Å²) in [6, 6.07) is 20.0. The van der Waals surface area contributed by atoms with Crippen molar-refractivity contribution in [2.24, 2.45) is 5.92 Å². The van der Waals surface area contributed by atoms with Crippen molar-refractivity contribution in [2.45, 2.75) is 18.9 Å². The van der Waals surface area contributed by atoms with E-state index in [2.05, 4.69) is 11.8 Å². The highest BCUT2D eigenvalue weighted by Gasteiger charge is 2.37. The maximum absolute atomic E-state index is 13.4. The number of hydrogen-bond donors (Lipinski definition) is 1. The van der Waals surface area contributed by atoms with Crippen LogP contribution in [-0.4, -0.2) is 29.9 Å². The topological polar surface area (TPSA) is 57.6 Å². The minimum atomic E-state index is -0.983. The Morgan fingerprint density at radius 3 is 2.34 bits per heavy atom. The van der Waals surface area contributed by atoms with Gasteiger partial charge in [-0.05, 0) is 53.9 Å². The van der Waals surface area contributed by atoms with Crippen LogP contribution in [0.4, 0.5) is 10.1 Å². The van der Waals surface area contributed by atoms with Crippen molar-refractivity contribution in [3.05, 3.63) is 101 Å². The minimum Gasteiger partial charge on any atom is -0.478 e. The highest BCUT2D eigenvalue weighted by Crippen LogP contribution is 2.34. The number of Topliss-reactive ketones (excluding diaryl/α,β-unsaturated/α-hetero) is 1. The Balaban J connectivity index is 1.64. The lowest BCUT2D eigenvalue weighted by Crippen LogP contribution is -2.46. The van der Waals surface area contributed by atoms with Gasteiger partial charge in [0, 0.05) is 24.7 Å². The molecule has 1 N–H and O–H groups in total. The Bertz CT molecular complexity index is 1210. The number of anilines is 1. The number of aromatic carboxylic acids is 1. The number of carboxylic acids is 1. The molecule has 2 atom stereocenters. The molecular formula is C27H22FNO3. The van der Waals surface area contributed by atoms with Gasteiger partial charge in [-0.2, -0.15) is 0 Å². The molecule has 32 heavy (non-hydrogen) atoms. The second-order valence-corrected chi connectivity index (χ2v) is 7.87. The lowest BCUT2D eigenvalue weighted by molar-refractivity contribution is 0.0696. The highest BCUT2D eigenvalue weighted by molar-refractivity contribution is 6.05. The summed E-state index contributed by atoms with van der Waals surface area (Å²) >= 11 is 0. The molecule has 0 bridgehead atoms. The van der Waals surface area contributed by atoms with Gasteiger partial charge in [-0.15, -0.1) is 0 Å². The lowest BCUT2D eigenvalue weighted by atomic mass is 9.81. The number of halogens is 1. The molecular weight excluding hydrogens is 405 g/mol. The monoisotopic (exact) mass is 427 g/mol. The molecule has 0 amide bonds. The highest BCUT2D eigenvalue weighted by atomic mass is 19.1. The van der Waals surface area contributed by atoms with E-state index in [1.54, 1.807) is 36.4 Å². The lowest BCUT2D eigenvalue weighted by Gasteiger charge is -2.38. The van der Waals surface area contributed by atoms with Gasteiger partial charge >= 0.3 is 5.97 Å². The molecule has 5 heteroatoms. The maximum atomic E-state index is 13.4. The Kier molecular flexibility index (Phi) is 6.04. The van der Waals surface area contributed by atoms with Crippen LogP contribution in [0.3, 0.4) is 0 Å². The Labute approximate surface area is 186 Å². The van der Waals surface area contributed by atoms with Gasteiger partial charge in [0.2, 0.25) is 0 Å². The summed E-state index contributed by atoms with van der Waals surface area (Å²) in [5, 5.41) is 9.13. The number of carboxylic acid groups (broad SMARTS) is 1. The molecule has 1 aliphatic rings. The first kappa shape index (κ1) is 21.3. The van der Waals surface area contributed by atoms with E-state index in [4.69, 9.17) is 5.11 Å². The molecule has 0 aromatic heterocycles. The minimum absolute atomic E-state index is 0.0297. The van der Waals surface area contributed by atoms with Crippen molar-refractivity contribution in [3.63, 3.8) is 0 Å². The second kappa shape index (κ2) is 9.07. The summed E-state index contributed by atoms with van der Waals surface area (Å²) < 4.78 is 13.1. The summed E-state index contributed by atoms with van der Waals surface area (Å²) in [6.07, 6.45) is 0.911. The van der Waals surface area contributed by atoms with Crippen LogP contribution in [-0.2, 0) is 12.8 Å². The number of fused-ring (bicyclic) bond motifs is 1. The van der Waals surface area contributed by atoms with Crippen LogP contribution < -0.4 is 4.90 Å². The third-order valence-corrected chi connectivity index (χ3v) is 5.80. The molecule has 0 aliphatic carbocycles. The second-order valence-electron chi connectivity index (χ2n) is 7.87. The smallest absolute Gasteiger partial charge is 0.335 e. The molecule has 3 aromatic carbocycles. The van der Waals surface area contributed by atoms with Crippen LogP contribution in [0.25, 0.3) is 0 Å². The van der Waals surface area contributed by atoms with Crippen molar-refractivity contribution in [2.75, 3.05) is 11.9 Å². The Morgan fingerprint density at radius 1 is 1.00 bits per heavy atom. The number of carbonyl (C=O) groups is 2. The zero-order valence-electron chi connectivity index (χ0n) is 17.6. The molecule has 2 unspecified atom stereocenters. The van der Waals surface area contributed by atoms with E-state index in [1.807, 2.05) is 36.2 Å². The van der Waals surface area contributed by atoms with E-state index < -0.39 is 11.9 Å². The molecule has 1 aliphatic heterocycles. The van der Waals surface area contributed by atoms with Crippen LogP contribution in [0.2, 0.25) is 0 Å². The number of para-hydroxylation sites is 1. The molecule has 1 heterocycles. The Morgan fingerprint density at radius 2 is 1.66 bits per heavy atom. The summed E-state index contributed by atoms with van der Waals surface area (Å²) in [5.74, 6) is 4.80. The third kappa shape index (κ3) is 4.40. The molecule has 0 saturated heterocycles. The summed E-state index contributed by atoms with van der Waals surface area (Å²) in [6.45, 7) is 0. The molecule has 0 radical (unpaired) electrons. The van der Waals surface area contributed by atoms with Crippen LogP contribution in [0.5, 0.6) is 0 Å². The summed E-state index contributed by atoms with van der Waals surface area (Å²) in [7, 11) is 1.93. The molecule has 4 rings (SSSR count). The van der Waals surface area contributed by atoms with Crippen LogP contribution in [0, 0.1) is 23.6 Å². The van der Waals surface area contributed by atoms with Gasteiger partial charge in [-0.3, -0.25) is 4.79 Å². The molecule has 0 fully saturated rings. The van der Waals surface area contributed by atoms with E-state index in [9.17, 15) is 14.0 Å². The van der Waals surface area contributed by atoms with Gasteiger partial charge in [0.15, 0.2) is 5.78 Å². The van der Waals surface area contributed by atoms with Crippen molar-refractivity contribution >= 4 is 17.4 Å². The predicted molar refractivity (Wildman–Crippen MR) is 121 cm³/mol. The first-order valence-electron chi connectivity index (χ1n) is 10.3. The SMILES string of the molecule is CN1c2ccccc2C(=O)C(Cc2ccc(C(=O)O)cc2)C1C#CCc1ccc(F)cc1. The van der Waals surface area contributed by atoms with Crippen LogP contribution in [0.1, 0.15) is 31.8 Å². The van der Waals surface area contributed by atoms with Crippen LogP contribution >= 0.6 is 0 Å². The normalized spacial score (nSPS) is 17.3. The number of hydrogen-bond acceptors (Lipinski definition) is 3. The molecule has 0 spiro atoms. The van der Waals surface area contributed by atoms with E-state index in [-0.39, 0.29) is 23.2 Å². The van der Waals surface area contributed by atoms with Gasteiger partial charge in [0.1, 0.15) is 11.9 Å². The fourth-order valence-corrected chi connectivity index (χ4v) is 4.05. The van der Waals surface area contributed by atoms with Crippen molar-refractivity contribution in [1.29, 1.82) is 0 Å². The fraction of sp³-hybridized carbons (Fsp3) is 0.185. The molecule has 3 aromatic rings. The average molecular weight is 427 g/mol.